The Labute approximate surface area is 218 Å². The Bertz CT molecular complexity index is 1250. The standard InChI is InChI=1S/C24H29N7O5S/c1-24(2,3)36-23(33)29-22-25-14-17(37-22)18-26-20(31-10-12-34-13-11-31)28-21(27-18)35-16-8-6-15(7-9-16)19(32)30(4)5/h6-9,14H,10-13H2,1-5H3,(H,25,29,33). The van der Waals surface area contributed by atoms with Crippen LogP contribution in [-0.4, -0.2) is 82.8 Å². The van der Waals surface area contributed by atoms with Crippen LogP contribution in [0.4, 0.5) is 15.9 Å². The molecule has 0 atom stereocenters. The highest BCUT2D eigenvalue weighted by Gasteiger charge is 2.21. The van der Waals surface area contributed by atoms with E-state index in [1.54, 1.807) is 65.3 Å². The molecule has 0 aliphatic carbocycles. The van der Waals surface area contributed by atoms with Gasteiger partial charge in [0.05, 0.1) is 24.3 Å². The highest BCUT2D eigenvalue weighted by atomic mass is 32.1. The van der Waals surface area contributed by atoms with Crippen LogP contribution in [0.15, 0.2) is 30.5 Å². The molecule has 1 aliphatic rings. The molecule has 196 valence electrons. The van der Waals surface area contributed by atoms with E-state index in [1.807, 2.05) is 4.90 Å². The number of hydrogen-bond donors (Lipinski definition) is 1. The fraction of sp³-hybridized carbons (Fsp3) is 0.417. The van der Waals surface area contributed by atoms with E-state index in [1.165, 1.54) is 16.2 Å². The summed E-state index contributed by atoms with van der Waals surface area (Å²) in [6.45, 7) is 7.72. The topological polar surface area (TPSA) is 132 Å². The van der Waals surface area contributed by atoms with Crippen molar-refractivity contribution < 1.29 is 23.8 Å². The number of nitrogens with zero attached hydrogens (tertiary/aromatic N) is 6. The quantitative estimate of drug-likeness (QED) is 0.506. The number of thiazole rings is 1. The second kappa shape index (κ2) is 11.0. The van der Waals surface area contributed by atoms with Gasteiger partial charge in [-0.05, 0) is 45.0 Å². The zero-order valence-electron chi connectivity index (χ0n) is 21.3. The lowest BCUT2D eigenvalue weighted by molar-refractivity contribution is 0.0635. The average Bonchev–Trinajstić information content (AvgIpc) is 3.31. The summed E-state index contributed by atoms with van der Waals surface area (Å²) >= 11 is 1.20. The highest BCUT2D eigenvalue weighted by Crippen LogP contribution is 2.30. The second-order valence-electron chi connectivity index (χ2n) is 9.32. The van der Waals surface area contributed by atoms with Gasteiger partial charge in [-0.1, -0.05) is 11.3 Å². The Morgan fingerprint density at radius 1 is 1.08 bits per heavy atom. The van der Waals surface area contributed by atoms with Crippen molar-refractivity contribution in [3.63, 3.8) is 0 Å². The molecular formula is C24H29N7O5S. The van der Waals surface area contributed by atoms with E-state index >= 15 is 0 Å². The van der Waals surface area contributed by atoms with Gasteiger partial charge in [0.1, 0.15) is 11.4 Å². The van der Waals surface area contributed by atoms with Crippen LogP contribution in [0.3, 0.4) is 0 Å². The number of benzene rings is 1. The van der Waals surface area contributed by atoms with E-state index in [0.29, 0.717) is 59.4 Å². The molecule has 1 aliphatic heterocycles. The molecule has 13 heteroatoms. The number of anilines is 2. The zero-order chi connectivity index (χ0) is 26.6. The minimum Gasteiger partial charge on any atom is -0.444 e. The molecule has 1 fully saturated rings. The van der Waals surface area contributed by atoms with Crippen molar-refractivity contribution in [1.82, 2.24) is 24.8 Å². The van der Waals surface area contributed by atoms with Gasteiger partial charge >= 0.3 is 12.1 Å². The molecule has 2 aromatic heterocycles. The molecule has 2 amide bonds. The summed E-state index contributed by atoms with van der Waals surface area (Å²) in [4.78, 5) is 46.3. The molecular weight excluding hydrogens is 498 g/mol. The summed E-state index contributed by atoms with van der Waals surface area (Å²) in [5.74, 6) is 1.15. The molecule has 37 heavy (non-hydrogen) atoms. The van der Waals surface area contributed by atoms with E-state index in [0.717, 1.165) is 0 Å². The van der Waals surface area contributed by atoms with E-state index in [9.17, 15) is 9.59 Å². The Balaban J connectivity index is 1.59. The molecule has 12 nitrogen and oxygen atoms in total. The van der Waals surface area contributed by atoms with E-state index in [2.05, 4.69) is 25.3 Å². The fourth-order valence-corrected chi connectivity index (χ4v) is 4.00. The Morgan fingerprint density at radius 2 is 1.78 bits per heavy atom. The molecule has 3 aromatic rings. The van der Waals surface area contributed by atoms with Gasteiger partial charge in [-0.2, -0.15) is 15.0 Å². The summed E-state index contributed by atoms with van der Waals surface area (Å²) in [5, 5.41) is 2.98. The summed E-state index contributed by atoms with van der Waals surface area (Å²) < 4.78 is 16.7. The molecule has 0 saturated carbocycles. The van der Waals surface area contributed by atoms with Crippen molar-refractivity contribution in [2.45, 2.75) is 26.4 Å². The molecule has 0 bridgehead atoms. The maximum absolute atomic E-state index is 12.2. The summed E-state index contributed by atoms with van der Waals surface area (Å²) in [6.07, 6.45) is 0.972. The van der Waals surface area contributed by atoms with Crippen LogP contribution in [0, 0.1) is 0 Å². The van der Waals surface area contributed by atoms with Crippen molar-refractivity contribution >= 4 is 34.4 Å². The highest BCUT2D eigenvalue weighted by molar-refractivity contribution is 7.19. The molecule has 0 radical (unpaired) electrons. The van der Waals surface area contributed by atoms with Gasteiger partial charge in [-0.3, -0.25) is 10.1 Å². The van der Waals surface area contributed by atoms with Crippen LogP contribution in [0.25, 0.3) is 10.7 Å². The molecule has 1 N–H and O–H groups in total. The summed E-state index contributed by atoms with van der Waals surface area (Å²) in [7, 11) is 3.39. The maximum atomic E-state index is 12.2. The average molecular weight is 528 g/mol. The number of morpholine rings is 1. The third-order valence-corrected chi connectivity index (χ3v) is 5.86. The number of amides is 2. The number of carbonyl (C=O) groups is 2. The smallest absolute Gasteiger partial charge is 0.413 e. The Hall–Kier alpha value is -3.84. The minimum atomic E-state index is -0.629. The van der Waals surface area contributed by atoms with Gasteiger partial charge in [0.2, 0.25) is 5.95 Å². The molecule has 0 spiro atoms. The van der Waals surface area contributed by atoms with Gasteiger partial charge in [-0.15, -0.1) is 0 Å². The van der Waals surface area contributed by atoms with Crippen molar-refractivity contribution in [2.75, 3.05) is 50.6 Å². The maximum Gasteiger partial charge on any atom is 0.413 e. The zero-order valence-corrected chi connectivity index (χ0v) is 22.2. The first-order valence-electron chi connectivity index (χ1n) is 11.6. The van der Waals surface area contributed by atoms with Gasteiger partial charge in [0.15, 0.2) is 11.0 Å². The van der Waals surface area contributed by atoms with Crippen molar-refractivity contribution in [3.05, 3.63) is 36.0 Å². The molecule has 1 aromatic carbocycles. The number of aromatic nitrogens is 4. The van der Waals surface area contributed by atoms with Crippen LogP contribution in [-0.2, 0) is 9.47 Å². The van der Waals surface area contributed by atoms with Crippen LogP contribution in [0.2, 0.25) is 0 Å². The Kier molecular flexibility index (Phi) is 7.83. The number of carbonyl (C=O) groups excluding carboxylic acids is 2. The number of nitrogens with one attached hydrogen (secondary N) is 1. The number of hydrogen-bond acceptors (Lipinski definition) is 11. The molecule has 1 saturated heterocycles. The lowest BCUT2D eigenvalue weighted by Gasteiger charge is -2.26. The monoisotopic (exact) mass is 527 g/mol. The van der Waals surface area contributed by atoms with Crippen LogP contribution in [0.5, 0.6) is 11.8 Å². The van der Waals surface area contributed by atoms with Crippen LogP contribution in [0.1, 0.15) is 31.1 Å². The second-order valence-corrected chi connectivity index (χ2v) is 10.4. The van der Waals surface area contributed by atoms with Gasteiger partial charge in [0.25, 0.3) is 5.91 Å². The van der Waals surface area contributed by atoms with Crippen LogP contribution < -0.4 is 15.0 Å². The summed E-state index contributed by atoms with van der Waals surface area (Å²) in [5.41, 5.74) is -0.0901. The fourth-order valence-electron chi connectivity index (χ4n) is 3.26. The molecule has 3 heterocycles. The minimum absolute atomic E-state index is 0.0910. The van der Waals surface area contributed by atoms with Crippen molar-refractivity contribution in [2.24, 2.45) is 0 Å². The SMILES string of the molecule is CN(C)C(=O)c1ccc(Oc2nc(-c3cnc(NC(=O)OC(C)(C)C)s3)nc(N3CCOCC3)n2)cc1. The van der Waals surface area contributed by atoms with Crippen molar-refractivity contribution in [1.29, 1.82) is 0 Å². The van der Waals surface area contributed by atoms with Crippen LogP contribution >= 0.6 is 11.3 Å². The van der Waals surface area contributed by atoms with E-state index < -0.39 is 11.7 Å². The normalized spacial score (nSPS) is 13.7. The lowest BCUT2D eigenvalue weighted by Crippen LogP contribution is -2.37. The Morgan fingerprint density at radius 3 is 2.43 bits per heavy atom. The third kappa shape index (κ3) is 7.11. The first-order valence-corrected chi connectivity index (χ1v) is 12.4. The van der Waals surface area contributed by atoms with Gasteiger partial charge < -0.3 is 24.0 Å². The molecule has 4 rings (SSSR count). The largest absolute Gasteiger partial charge is 0.444 e. The molecule has 0 unspecified atom stereocenters. The lowest BCUT2D eigenvalue weighted by atomic mass is 10.2. The summed E-state index contributed by atoms with van der Waals surface area (Å²) in [6, 6.07) is 6.82. The first-order chi connectivity index (χ1) is 17.6. The first kappa shape index (κ1) is 26.2. The van der Waals surface area contributed by atoms with E-state index in [-0.39, 0.29) is 11.9 Å². The number of rotatable bonds is 6. The van der Waals surface area contributed by atoms with Gasteiger partial charge in [0, 0.05) is 32.7 Å². The van der Waals surface area contributed by atoms with E-state index in [4.69, 9.17) is 14.2 Å². The van der Waals surface area contributed by atoms with Gasteiger partial charge in [-0.25, -0.2) is 9.78 Å². The predicted octanol–water partition coefficient (Wildman–Crippen LogP) is 3.67. The number of ether oxygens (including phenoxy) is 3. The third-order valence-electron chi connectivity index (χ3n) is 4.95. The van der Waals surface area contributed by atoms with Crippen molar-refractivity contribution in [3.8, 4) is 22.5 Å². The predicted molar refractivity (Wildman–Crippen MR) is 138 cm³/mol.